The van der Waals surface area contributed by atoms with Gasteiger partial charge in [-0.2, -0.15) is 0 Å². The molecule has 0 unspecified atom stereocenters. The van der Waals surface area contributed by atoms with E-state index in [1.165, 1.54) is 38.5 Å². The Kier molecular flexibility index (Phi) is 4.56. The van der Waals surface area contributed by atoms with E-state index in [4.69, 9.17) is 5.73 Å². The molecule has 1 fully saturated rings. The van der Waals surface area contributed by atoms with Crippen molar-refractivity contribution in [3.63, 3.8) is 0 Å². The lowest BCUT2D eigenvalue weighted by atomic mass is 9.96. The molecule has 18 heavy (non-hydrogen) atoms. The van der Waals surface area contributed by atoms with E-state index in [1.807, 2.05) is 0 Å². The molecule has 0 aliphatic heterocycles. The standard InChI is InChI=1S/C14H21N3O/c15-12-8-5-9-16-14(12)17-13(18)10-11-6-3-1-2-4-7-11/h5,8-9,11H,1-4,6-7,10,15H2,(H,16,17,18). The van der Waals surface area contributed by atoms with Crippen molar-refractivity contribution in [1.82, 2.24) is 4.98 Å². The predicted molar refractivity (Wildman–Crippen MR) is 73.1 cm³/mol. The molecular weight excluding hydrogens is 226 g/mol. The van der Waals surface area contributed by atoms with E-state index in [0.29, 0.717) is 23.8 Å². The summed E-state index contributed by atoms with van der Waals surface area (Å²) in [5.74, 6) is 1.04. The second-order valence-electron chi connectivity index (χ2n) is 5.05. The fraction of sp³-hybridized carbons (Fsp3) is 0.571. The Hall–Kier alpha value is -1.58. The van der Waals surface area contributed by atoms with Crippen molar-refractivity contribution in [3.8, 4) is 0 Å². The van der Waals surface area contributed by atoms with Gasteiger partial charge in [-0.3, -0.25) is 4.79 Å². The number of nitrogen functional groups attached to an aromatic ring is 1. The number of rotatable bonds is 3. The topological polar surface area (TPSA) is 68.0 Å². The van der Waals surface area contributed by atoms with Gasteiger partial charge >= 0.3 is 0 Å². The number of carbonyl (C=O) groups excluding carboxylic acids is 1. The van der Waals surface area contributed by atoms with Gasteiger partial charge in [-0.15, -0.1) is 0 Å². The van der Waals surface area contributed by atoms with Gasteiger partial charge in [0.15, 0.2) is 5.82 Å². The van der Waals surface area contributed by atoms with E-state index < -0.39 is 0 Å². The van der Waals surface area contributed by atoms with E-state index >= 15 is 0 Å². The van der Waals surface area contributed by atoms with E-state index in [2.05, 4.69) is 10.3 Å². The molecule has 0 saturated heterocycles. The minimum atomic E-state index is 0.0345. The molecule has 1 aromatic rings. The van der Waals surface area contributed by atoms with Crippen molar-refractivity contribution in [2.75, 3.05) is 11.1 Å². The van der Waals surface area contributed by atoms with Crippen LogP contribution in [0.2, 0.25) is 0 Å². The van der Waals surface area contributed by atoms with Crippen LogP contribution in [0.3, 0.4) is 0 Å². The highest BCUT2D eigenvalue weighted by Gasteiger charge is 2.16. The first-order valence-corrected chi connectivity index (χ1v) is 6.76. The molecule has 0 spiro atoms. The lowest BCUT2D eigenvalue weighted by Crippen LogP contribution is -2.17. The molecule has 1 aliphatic rings. The van der Waals surface area contributed by atoms with Crippen LogP contribution in [0.25, 0.3) is 0 Å². The van der Waals surface area contributed by atoms with Crippen LogP contribution in [0.5, 0.6) is 0 Å². The Morgan fingerprint density at radius 3 is 2.72 bits per heavy atom. The number of anilines is 2. The van der Waals surface area contributed by atoms with Gasteiger partial charge < -0.3 is 11.1 Å². The summed E-state index contributed by atoms with van der Waals surface area (Å²) in [4.78, 5) is 16.0. The van der Waals surface area contributed by atoms with E-state index in [0.717, 1.165) is 0 Å². The first kappa shape index (κ1) is 12.9. The van der Waals surface area contributed by atoms with Crippen LogP contribution in [0.4, 0.5) is 11.5 Å². The molecule has 0 radical (unpaired) electrons. The summed E-state index contributed by atoms with van der Waals surface area (Å²) in [5, 5.41) is 2.80. The molecule has 4 heteroatoms. The Balaban J connectivity index is 1.86. The first-order valence-electron chi connectivity index (χ1n) is 6.76. The molecule has 1 aromatic heterocycles. The van der Waals surface area contributed by atoms with E-state index in [-0.39, 0.29) is 5.91 Å². The maximum atomic E-state index is 11.9. The van der Waals surface area contributed by atoms with Gasteiger partial charge in [0.1, 0.15) is 0 Å². The molecule has 1 aliphatic carbocycles. The van der Waals surface area contributed by atoms with Crippen molar-refractivity contribution in [2.45, 2.75) is 44.9 Å². The molecule has 0 aromatic carbocycles. The molecule has 0 atom stereocenters. The van der Waals surface area contributed by atoms with Crippen molar-refractivity contribution >= 4 is 17.4 Å². The summed E-state index contributed by atoms with van der Waals surface area (Å²) in [6.45, 7) is 0. The third-order valence-corrected chi connectivity index (χ3v) is 3.55. The maximum Gasteiger partial charge on any atom is 0.225 e. The maximum absolute atomic E-state index is 11.9. The monoisotopic (exact) mass is 247 g/mol. The smallest absolute Gasteiger partial charge is 0.225 e. The lowest BCUT2D eigenvalue weighted by Gasteiger charge is -2.13. The minimum Gasteiger partial charge on any atom is -0.396 e. The zero-order valence-corrected chi connectivity index (χ0v) is 10.7. The van der Waals surface area contributed by atoms with Gasteiger partial charge in [0.05, 0.1) is 5.69 Å². The molecule has 4 nitrogen and oxygen atoms in total. The molecule has 1 amide bonds. The van der Waals surface area contributed by atoms with Gasteiger partial charge in [0.25, 0.3) is 0 Å². The zero-order chi connectivity index (χ0) is 12.8. The van der Waals surface area contributed by atoms with Gasteiger partial charge in [-0.1, -0.05) is 25.7 Å². The summed E-state index contributed by atoms with van der Waals surface area (Å²) in [6, 6.07) is 3.50. The summed E-state index contributed by atoms with van der Waals surface area (Å²) in [6.07, 6.45) is 9.70. The number of pyridine rings is 1. The number of nitrogens with zero attached hydrogens (tertiary/aromatic N) is 1. The highest BCUT2D eigenvalue weighted by molar-refractivity contribution is 5.92. The summed E-state index contributed by atoms with van der Waals surface area (Å²) >= 11 is 0. The Morgan fingerprint density at radius 2 is 2.06 bits per heavy atom. The largest absolute Gasteiger partial charge is 0.396 e. The normalized spacial score (nSPS) is 17.1. The molecule has 1 saturated carbocycles. The molecule has 98 valence electrons. The second-order valence-corrected chi connectivity index (χ2v) is 5.05. The van der Waals surface area contributed by atoms with Gasteiger partial charge in [-0.05, 0) is 30.9 Å². The zero-order valence-electron chi connectivity index (χ0n) is 10.7. The van der Waals surface area contributed by atoms with Crippen LogP contribution in [0, 0.1) is 5.92 Å². The number of hydrogen-bond donors (Lipinski definition) is 2. The van der Waals surface area contributed by atoms with Crippen LogP contribution < -0.4 is 11.1 Å². The van der Waals surface area contributed by atoms with Gasteiger partial charge in [-0.25, -0.2) is 4.98 Å². The molecule has 2 rings (SSSR count). The second kappa shape index (κ2) is 6.38. The molecule has 1 heterocycles. The number of amides is 1. The van der Waals surface area contributed by atoms with Crippen LogP contribution >= 0.6 is 0 Å². The summed E-state index contributed by atoms with van der Waals surface area (Å²) < 4.78 is 0. The SMILES string of the molecule is Nc1cccnc1NC(=O)CC1CCCCCC1. The summed E-state index contributed by atoms with van der Waals surface area (Å²) in [5.41, 5.74) is 6.27. The van der Waals surface area contributed by atoms with E-state index in [1.54, 1.807) is 18.3 Å². The Labute approximate surface area is 108 Å². The molecular formula is C14H21N3O. The van der Waals surface area contributed by atoms with Crippen molar-refractivity contribution < 1.29 is 4.79 Å². The van der Waals surface area contributed by atoms with Gasteiger partial charge in [0, 0.05) is 12.6 Å². The quantitative estimate of drug-likeness (QED) is 0.807. The highest BCUT2D eigenvalue weighted by atomic mass is 16.1. The number of hydrogen-bond acceptors (Lipinski definition) is 3. The number of aromatic nitrogens is 1. The summed E-state index contributed by atoms with van der Waals surface area (Å²) in [7, 11) is 0. The average Bonchev–Trinajstić information content (AvgIpc) is 2.61. The van der Waals surface area contributed by atoms with Crippen LogP contribution in [-0.4, -0.2) is 10.9 Å². The fourth-order valence-corrected chi connectivity index (χ4v) is 2.54. The van der Waals surface area contributed by atoms with Crippen LogP contribution in [0.15, 0.2) is 18.3 Å². The molecule has 3 N–H and O–H groups in total. The number of carbonyl (C=O) groups is 1. The average molecular weight is 247 g/mol. The Morgan fingerprint density at radius 1 is 1.33 bits per heavy atom. The highest BCUT2D eigenvalue weighted by Crippen LogP contribution is 2.26. The Bertz CT molecular complexity index is 398. The first-order chi connectivity index (χ1) is 8.75. The number of nitrogens with two attached hydrogens (primary N) is 1. The van der Waals surface area contributed by atoms with Crippen molar-refractivity contribution in [3.05, 3.63) is 18.3 Å². The van der Waals surface area contributed by atoms with Crippen molar-refractivity contribution in [2.24, 2.45) is 5.92 Å². The predicted octanol–water partition coefficient (Wildman–Crippen LogP) is 2.96. The molecule has 0 bridgehead atoms. The third-order valence-electron chi connectivity index (χ3n) is 3.55. The van der Waals surface area contributed by atoms with Crippen molar-refractivity contribution in [1.29, 1.82) is 0 Å². The lowest BCUT2D eigenvalue weighted by molar-refractivity contribution is -0.117. The van der Waals surface area contributed by atoms with Crippen LogP contribution in [-0.2, 0) is 4.79 Å². The van der Waals surface area contributed by atoms with E-state index in [9.17, 15) is 4.79 Å². The van der Waals surface area contributed by atoms with Crippen LogP contribution in [0.1, 0.15) is 44.9 Å². The van der Waals surface area contributed by atoms with Gasteiger partial charge in [0.2, 0.25) is 5.91 Å². The fourth-order valence-electron chi connectivity index (χ4n) is 2.54. The third kappa shape index (κ3) is 3.72. The number of nitrogens with one attached hydrogen (secondary N) is 1. The minimum absolute atomic E-state index is 0.0345.